The summed E-state index contributed by atoms with van der Waals surface area (Å²) in [5, 5.41) is 0. The molecule has 2 rings (SSSR count). The van der Waals surface area contributed by atoms with E-state index < -0.39 is 0 Å². The van der Waals surface area contributed by atoms with Crippen LogP contribution in [0.1, 0.15) is 24.5 Å². The summed E-state index contributed by atoms with van der Waals surface area (Å²) in [6, 6.07) is 5.75. The molecule has 2 nitrogen and oxygen atoms in total. The zero-order chi connectivity index (χ0) is 9.97. The predicted octanol–water partition coefficient (Wildman–Crippen LogP) is 2.57. The second-order valence-corrected chi connectivity index (χ2v) is 3.29. The molecule has 72 valence electrons. The van der Waals surface area contributed by atoms with E-state index in [1.807, 2.05) is 18.2 Å². The Balaban J connectivity index is 2.18. The van der Waals surface area contributed by atoms with Crippen molar-refractivity contribution < 1.29 is 9.53 Å². The van der Waals surface area contributed by atoms with Crippen LogP contribution in [-0.2, 0) is 11.2 Å². The van der Waals surface area contributed by atoms with Crippen molar-refractivity contribution in [2.45, 2.75) is 19.8 Å². The summed E-state index contributed by atoms with van der Waals surface area (Å²) >= 11 is 0. The minimum atomic E-state index is -0.184. The summed E-state index contributed by atoms with van der Waals surface area (Å²) in [5.41, 5.74) is 2.45. The summed E-state index contributed by atoms with van der Waals surface area (Å²) in [5.74, 6) is 0.468. The molecule has 0 radical (unpaired) electrons. The predicted molar refractivity (Wildman–Crippen MR) is 55.1 cm³/mol. The number of hydrogen-bond donors (Lipinski definition) is 0. The molecule has 0 saturated carbocycles. The first kappa shape index (κ1) is 9.00. The second-order valence-electron chi connectivity index (χ2n) is 3.29. The van der Waals surface area contributed by atoms with Gasteiger partial charge >= 0.3 is 5.97 Å². The highest BCUT2D eigenvalue weighted by atomic mass is 16.5. The van der Waals surface area contributed by atoms with Crippen molar-refractivity contribution in [1.82, 2.24) is 0 Å². The lowest BCUT2D eigenvalue weighted by atomic mass is 10.1. The van der Waals surface area contributed by atoms with E-state index in [2.05, 4.69) is 12.2 Å². The molecule has 0 atom stereocenters. The van der Waals surface area contributed by atoms with E-state index in [1.165, 1.54) is 11.1 Å². The molecular weight excluding hydrogens is 176 g/mol. The first-order valence-corrected chi connectivity index (χ1v) is 4.79. The van der Waals surface area contributed by atoms with Gasteiger partial charge in [0.15, 0.2) is 0 Å². The lowest BCUT2D eigenvalue weighted by Crippen LogP contribution is -2.05. The van der Waals surface area contributed by atoms with Crippen LogP contribution in [0.15, 0.2) is 24.3 Å². The summed E-state index contributed by atoms with van der Waals surface area (Å²) in [7, 11) is 0. The molecule has 0 N–H and O–H groups in total. The largest absolute Gasteiger partial charge is 0.427 e. The number of hydrogen-bond acceptors (Lipinski definition) is 2. The van der Waals surface area contributed by atoms with Crippen LogP contribution >= 0.6 is 0 Å². The molecule has 0 aliphatic heterocycles. The van der Waals surface area contributed by atoms with Crippen molar-refractivity contribution in [2.24, 2.45) is 0 Å². The van der Waals surface area contributed by atoms with Gasteiger partial charge in [-0.2, -0.15) is 0 Å². The van der Waals surface area contributed by atoms with Crippen molar-refractivity contribution in [3.05, 3.63) is 35.4 Å². The Kier molecular flexibility index (Phi) is 2.35. The highest BCUT2D eigenvalue weighted by Crippen LogP contribution is 2.24. The second kappa shape index (κ2) is 3.66. The number of esters is 1. The molecule has 0 saturated heterocycles. The van der Waals surface area contributed by atoms with Crippen molar-refractivity contribution in [3.63, 3.8) is 0 Å². The number of allylic oxidation sites excluding steroid dienone is 1. The van der Waals surface area contributed by atoms with E-state index >= 15 is 0 Å². The first-order chi connectivity index (χ1) is 6.79. The smallest absolute Gasteiger partial charge is 0.310 e. The molecule has 1 aliphatic rings. The highest BCUT2D eigenvalue weighted by molar-refractivity contribution is 5.72. The first-order valence-electron chi connectivity index (χ1n) is 4.79. The fraction of sp³-hybridized carbons (Fsp3) is 0.250. The summed E-state index contributed by atoms with van der Waals surface area (Å²) in [4.78, 5) is 11.0. The Bertz CT molecular complexity index is 391. The Labute approximate surface area is 83.2 Å². The topological polar surface area (TPSA) is 26.3 Å². The number of rotatable bonds is 2. The van der Waals surface area contributed by atoms with E-state index in [1.54, 1.807) is 6.92 Å². The number of fused-ring (bicyclic) bond motifs is 1. The van der Waals surface area contributed by atoms with E-state index in [-0.39, 0.29) is 5.97 Å². The zero-order valence-corrected chi connectivity index (χ0v) is 8.12. The molecule has 1 aromatic rings. The van der Waals surface area contributed by atoms with Crippen LogP contribution in [0, 0.1) is 0 Å². The monoisotopic (exact) mass is 188 g/mol. The minimum Gasteiger partial charge on any atom is -0.427 e. The molecule has 0 aromatic heterocycles. The maximum atomic E-state index is 11.0. The third kappa shape index (κ3) is 1.69. The average molecular weight is 188 g/mol. The van der Waals surface area contributed by atoms with Crippen molar-refractivity contribution in [1.29, 1.82) is 0 Å². The maximum Gasteiger partial charge on any atom is 0.310 e. The molecule has 1 aliphatic carbocycles. The quantitative estimate of drug-likeness (QED) is 0.526. The molecule has 0 heterocycles. The number of carbonyl (C=O) groups is 1. The molecule has 0 amide bonds. The van der Waals surface area contributed by atoms with Crippen LogP contribution < -0.4 is 4.74 Å². The van der Waals surface area contributed by atoms with Gasteiger partial charge in [-0.05, 0) is 29.7 Å². The fourth-order valence-corrected chi connectivity index (χ4v) is 1.50. The van der Waals surface area contributed by atoms with Crippen molar-refractivity contribution >= 4 is 12.0 Å². The average Bonchev–Trinajstić information content (AvgIpc) is 2.64. The van der Waals surface area contributed by atoms with Crippen LogP contribution in [0.2, 0.25) is 0 Å². The Morgan fingerprint density at radius 1 is 1.50 bits per heavy atom. The van der Waals surface area contributed by atoms with Crippen LogP contribution in [0.5, 0.6) is 5.75 Å². The third-order valence-electron chi connectivity index (χ3n) is 2.27. The lowest BCUT2D eigenvalue weighted by Gasteiger charge is -2.04. The van der Waals surface area contributed by atoms with E-state index in [0.29, 0.717) is 12.2 Å². The molecule has 0 fully saturated rings. The molecule has 2 heteroatoms. The van der Waals surface area contributed by atoms with Gasteiger partial charge in [0.05, 0.1) is 0 Å². The fourth-order valence-electron chi connectivity index (χ4n) is 1.50. The van der Waals surface area contributed by atoms with E-state index in [0.717, 1.165) is 6.42 Å². The van der Waals surface area contributed by atoms with Crippen LogP contribution in [-0.4, -0.2) is 5.97 Å². The molecule has 0 bridgehead atoms. The standard InChI is InChI=1S/C12H12O2/c1-2-12(13)14-11-7-6-9-4-3-5-10(9)8-11/h3-4,6-8H,2,5H2,1H3. The minimum absolute atomic E-state index is 0.184. The molecule has 0 unspecified atom stereocenters. The Morgan fingerprint density at radius 2 is 2.36 bits per heavy atom. The Hall–Kier alpha value is -1.57. The van der Waals surface area contributed by atoms with Crippen LogP contribution in [0.3, 0.4) is 0 Å². The van der Waals surface area contributed by atoms with Gasteiger partial charge in [-0.1, -0.05) is 25.1 Å². The summed E-state index contributed by atoms with van der Waals surface area (Å²) in [6.07, 6.45) is 5.54. The maximum absolute atomic E-state index is 11.0. The molecular formula is C12H12O2. The van der Waals surface area contributed by atoms with Gasteiger partial charge in [0.1, 0.15) is 5.75 Å². The lowest BCUT2D eigenvalue weighted by molar-refractivity contribution is -0.134. The van der Waals surface area contributed by atoms with Gasteiger partial charge < -0.3 is 4.74 Å². The van der Waals surface area contributed by atoms with Gasteiger partial charge in [-0.25, -0.2) is 0 Å². The number of carbonyl (C=O) groups excluding carboxylic acids is 1. The number of benzene rings is 1. The SMILES string of the molecule is CCC(=O)Oc1ccc2c(c1)CC=C2. The number of ether oxygens (including phenoxy) is 1. The highest BCUT2D eigenvalue weighted by Gasteiger charge is 2.07. The van der Waals surface area contributed by atoms with Crippen LogP contribution in [0.4, 0.5) is 0 Å². The van der Waals surface area contributed by atoms with E-state index in [9.17, 15) is 4.79 Å². The third-order valence-corrected chi connectivity index (χ3v) is 2.27. The summed E-state index contributed by atoms with van der Waals surface area (Å²) in [6.45, 7) is 1.79. The van der Waals surface area contributed by atoms with Gasteiger partial charge in [-0.3, -0.25) is 4.79 Å². The van der Waals surface area contributed by atoms with Crippen molar-refractivity contribution in [3.8, 4) is 5.75 Å². The van der Waals surface area contributed by atoms with Crippen LogP contribution in [0.25, 0.3) is 6.08 Å². The zero-order valence-electron chi connectivity index (χ0n) is 8.12. The van der Waals surface area contributed by atoms with Crippen molar-refractivity contribution in [2.75, 3.05) is 0 Å². The normalized spacial score (nSPS) is 12.6. The molecule has 1 aromatic carbocycles. The van der Waals surface area contributed by atoms with E-state index in [4.69, 9.17) is 4.74 Å². The molecule has 0 spiro atoms. The van der Waals surface area contributed by atoms with Gasteiger partial charge in [0.25, 0.3) is 0 Å². The van der Waals surface area contributed by atoms with Gasteiger partial charge in [0, 0.05) is 6.42 Å². The van der Waals surface area contributed by atoms with Gasteiger partial charge in [0.2, 0.25) is 0 Å². The summed E-state index contributed by atoms with van der Waals surface area (Å²) < 4.78 is 5.12. The Morgan fingerprint density at radius 3 is 3.14 bits per heavy atom. The molecule has 14 heavy (non-hydrogen) atoms. The van der Waals surface area contributed by atoms with Gasteiger partial charge in [-0.15, -0.1) is 0 Å².